The first-order valence-electron chi connectivity index (χ1n) is 6.40. The highest BCUT2D eigenvalue weighted by molar-refractivity contribution is 5.79. The molecule has 1 saturated heterocycles. The van der Waals surface area contributed by atoms with Crippen molar-refractivity contribution >= 4 is 5.91 Å². The van der Waals surface area contributed by atoms with Gasteiger partial charge in [0.25, 0.3) is 0 Å². The number of phenolic OH excluding ortho intramolecular Hbond substituents is 1. The van der Waals surface area contributed by atoms with Gasteiger partial charge in [0, 0.05) is 18.7 Å². The molecule has 1 heterocycles. The van der Waals surface area contributed by atoms with Crippen LogP contribution >= 0.6 is 0 Å². The number of para-hydroxylation sites is 1. The van der Waals surface area contributed by atoms with E-state index in [4.69, 9.17) is 0 Å². The average Bonchev–Trinajstić information content (AvgIpc) is 2.81. The lowest BCUT2D eigenvalue weighted by molar-refractivity contribution is -0.129. The highest BCUT2D eigenvalue weighted by Gasteiger charge is 2.25. The molecule has 1 aromatic rings. The van der Waals surface area contributed by atoms with E-state index in [-0.39, 0.29) is 11.7 Å². The predicted octanol–water partition coefficient (Wildman–Crippen LogP) is 1.00. The molecule has 0 aliphatic carbocycles. The zero-order valence-electron chi connectivity index (χ0n) is 10.7. The number of hydrogen-bond acceptors (Lipinski definition) is 3. The fourth-order valence-electron chi connectivity index (χ4n) is 2.45. The molecule has 1 fully saturated rings. The second kappa shape index (κ2) is 5.87. The largest absolute Gasteiger partial charge is 0.508 e. The van der Waals surface area contributed by atoms with Gasteiger partial charge in [0.05, 0.1) is 6.42 Å². The van der Waals surface area contributed by atoms with Crippen molar-refractivity contribution in [3.8, 4) is 5.75 Å². The van der Waals surface area contributed by atoms with Gasteiger partial charge in [-0.2, -0.15) is 0 Å². The number of carbonyl (C=O) groups excluding carboxylic acids is 1. The van der Waals surface area contributed by atoms with Gasteiger partial charge in [-0.25, -0.2) is 0 Å². The second-order valence-electron chi connectivity index (χ2n) is 4.86. The number of amides is 1. The molecule has 0 aromatic heterocycles. The third-order valence-corrected chi connectivity index (χ3v) is 3.46. The van der Waals surface area contributed by atoms with E-state index in [0.29, 0.717) is 17.9 Å². The molecule has 1 amide bonds. The Hall–Kier alpha value is -1.55. The van der Waals surface area contributed by atoms with E-state index in [1.54, 1.807) is 18.2 Å². The molecule has 2 rings (SSSR count). The van der Waals surface area contributed by atoms with Crippen molar-refractivity contribution in [1.82, 2.24) is 10.2 Å². The van der Waals surface area contributed by atoms with E-state index in [9.17, 15) is 9.90 Å². The van der Waals surface area contributed by atoms with Gasteiger partial charge in [0.2, 0.25) is 5.91 Å². The standard InChI is InChI=1S/C14H20N2O2/c1-15-9-11-6-7-16(10-11)14(18)8-12-4-2-3-5-13(12)17/h2-5,11,15,17H,6-10H2,1H3. The molecular formula is C14H20N2O2. The van der Waals surface area contributed by atoms with Crippen LogP contribution in [0.25, 0.3) is 0 Å². The molecule has 0 saturated carbocycles. The zero-order chi connectivity index (χ0) is 13.0. The van der Waals surface area contributed by atoms with Crippen LogP contribution in [-0.2, 0) is 11.2 Å². The minimum Gasteiger partial charge on any atom is -0.508 e. The van der Waals surface area contributed by atoms with E-state index >= 15 is 0 Å². The van der Waals surface area contributed by atoms with Gasteiger partial charge in [-0.05, 0) is 32.0 Å². The van der Waals surface area contributed by atoms with Crippen LogP contribution in [0.2, 0.25) is 0 Å². The van der Waals surface area contributed by atoms with Crippen molar-refractivity contribution in [2.24, 2.45) is 5.92 Å². The molecule has 1 atom stereocenters. The number of carbonyl (C=O) groups is 1. The summed E-state index contributed by atoms with van der Waals surface area (Å²) in [6.45, 7) is 2.62. The van der Waals surface area contributed by atoms with Crippen molar-refractivity contribution < 1.29 is 9.90 Å². The summed E-state index contributed by atoms with van der Waals surface area (Å²) in [5, 5.41) is 12.8. The van der Waals surface area contributed by atoms with E-state index < -0.39 is 0 Å². The Bertz CT molecular complexity index is 420. The number of nitrogens with one attached hydrogen (secondary N) is 1. The highest BCUT2D eigenvalue weighted by Crippen LogP contribution is 2.20. The molecule has 0 radical (unpaired) electrons. The van der Waals surface area contributed by atoms with Gasteiger partial charge >= 0.3 is 0 Å². The maximum absolute atomic E-state index is 12.1. The SMILES string of the molecule is CNCC1CCN(C(=O)Cc2ccccc2O)C1. The summed E-state index contributed by atoms with van der Waals surface area (Å²) < 4.78 is 0. The topological polar surface area (TPSA) is 52.6 Å². The maximum atomic E-state index is 12.1. The Morgan fingerprint density at radius 2 is 2.28 bits per heavy atom. The summed E-state index contributed by atoms with van der Waals surface area (Å²) in [5.74, 6) is 0.871. The number of nitrogens with zero attached hydrogens (tertiary/aromatic N) is 1. The minimum absolute atomic E-state index is 0.107. The van der Waals surface area contributed by atoms with E-state index in [2.05, 4.69) is 5.32 Å². The Kier molecular flexibility index (Phi) is 4.20. The zero-order valence-corrected chi connectivity index (χ0v) is 10.7. The predicted molar refractivity (Wildman–Crippen MR) is 70.4 cm³/mol. The monoisotopic (exact) mass is 248 g/mol. The maximum Gasteiger partial charge on any atom is 0.227 e. The van der Waals surface area contributed by atoms with Gasteiger partial charge in [-0.15, -0.1) is 0 Å². The first kappa shape index (κ1) is 12.9. The van der Waals surface area contributed by atoms with Crippen LogP contribution in [0.5, 0.6) is 5.75 Å². The van der Waals surface area contributed by atoms with E-state index in [1.807, 2.05) is 18.0 Å². The number of rotatable bonds is 4. The minimum atomic E-state index is 0.107. The van der Waals surface area contributed by atoms with E-state index in [0.717, 1.165) is 26.1 Å². The molecule has 4 heteroatoms. The van der Waals surface area contributed by atoms with Gasteiger partial charge in [-0.1, -0.05) is 18.2 Å². The highest BCUT2D eigenvalue weighted by atomic mass is 16.3. The molecule has 1 aromatic carbocycles. The van der Waals surface area contributed by atoms with Crippen molar-refractivity contribution in [2.45, 2.75) is 12.8 Å². The lowest BCUT2D eigenvalue weighted by Gasteiger charge is -2.17. The lowest BCUT2D eigenvalue weighted by Crippen LogP contribution is -2.31. The first-order valence-corrected chi connectivity index (χ1v) is 6.40. The fraction of sp³-hybridized carbons (Fsp3) is 0.500. The smallest absolute Gasteiger partial charge is 0.227 e. The Morgan fingerprint density at radius 3 is 3.00 bits per heavy atom. The summed E-state index contributed by atoms with van der Waals surface area (Å²) >= 11 is 0. The Balaban J connectivity index is 1.91. The normalized spacial score (nSPS) is 19.2. The number of phenols is 1. The molecule has 2 N–H and O–H groups in total. The summed E-state index contributed by atoms with van der Waals surface area (Å²) in [7, 11) is 1.94. The fourth-order valence-corrected chi connectivity index (χ4v) is 2.45. The molecular weight excluding hydrogens is 228 g/mol. The molecule has 0 spiro atoms. The van der Waals surface area contributed by atoms with Gasteiger partial charge in [-0.3, -0.25) is 4.79 Å². The second-order valence-corrected chi connectivity index (χ2v) is 4.86. The van der Waals surface area contributed by atoms with Crippen LogP contribution in [0.4, 0.5) is 0 Å². The molecule has 98 valence electrons. The van der Waals surface area contributed by atoms with Crippen LogP contribution < -0.4 is 5.32 Å². The summed E-state index contributed by atoms with van der Waals surface area (Å²) in [6, 6.07) is 7.03. The first-order chi connectivity index (χ1) is 8.70. The van der Waals surface area contributed by atoms with Crippen LogP contribution in [0.1, 0.15) is 12.0 Å². The molecule has 18 heavy (non-hydrogen) atoms. The average molecular weight is 248 g/mol. The van der Waals surface area contributed by atoms with Crippen LogP contribution in [0.15, 0.2) is 24.3 Å². The van der Waals surface area contributed by atoms with Crippen LogP contribution in [0, 0.1) is 5.92 Å². The number of aromatic hydroxyl groups is 1. The lowest BCUT2D eigenvalue weighted by atomic mass is 10.1. The van der Waals surface area contributed by atoms with Crippen LogP contribution in [0.3, 0.4) is 0 Å². The summed E-state index contributed by atoms with van der Waals surface area (Å²) in [6.07, 6.45) is 1.35. The van der Waals surface area contributed by atoms with Crippen LogP contribution in [-0.4, -0.2) is 42.6 Å². The van der Waals surface area contributed by atoms with Gasteiger partial charge in [0.1, 0.15) is 5.75 Å². The molecule has 4 nitrogen and oxygen atoms in total. The molecule has 1 aliphatic rings. The van der Waals surface area contributed by atoms with Crippen molar-refractivity contribution in [3.63, 3.8) is 0 Å². The molecule has 1 aliphatic heterocycles. The third kappa shape index (κ3) is 3.01. The quantitative estimate of drug-likeness (QED) is 0.836. The van der Waals surface area contributed by atoms with Crippen molar-refractivity contribution in [3.05, 3.63) is 29.8 Å². The number of likely N-dealkylation sites (tertiary alicyclic amines) is 1. The summed E-state index contributed by atoms with van der Waals surface area (Å²) in [4.78, 5) is 14.0. The van der Waals surface area contributed by atoms with Gasteiger partial charge in [0.15, 0.2) is 0 Å². The van der Waals surface area contributed by atoms with Crippen molar-refractivity contribution in [2.75, 3.05) is 26.7 Å². The van der Waals surface area contributed by atoms with E-state index in [1.165, 1.54) is 0 Å². The molecule has 0 bridgehead atoms. The third-order valence-electron chi connectivity index (χ3n) is 3.46. The van der Waals surface area contributed by atoms with Gasteiger partial charge < -0.3 is 15.3 Å². The number of benzene rings is 1. The summed E-state index contributed by atoms with van der Waals surface area (Å²) in [5.41, 5.74) is 0.708. The Labute approximate surface area is 108 Å². The molecule has 1 unspecified atom stereocenters. The number of hydrogen-bond donors (Lipinski definition) is 2. The Morgan fingerprint density at radius 1 is 1.50 bits per heavy atom. The van der Waals surface area contributed by atoms with Crippen molar-refractivity contribution in [1.29, 1.82) is 0 Å².